The SMILES string of the molecule is O=C(c1ccc[nH]1)N1CCCC[C@@H]1Cn1cccn1. The Hall–Kier alpha value is -2.04. The highest BCUT2D eigenvalue weighted by Crippen LogP contribution is 2.20. The van der Waals surface area contributed by atoms with E-state index in [4.69, 9.17) is 0 Å². The van der Waals surface area contributed by atoms with Crippen LogP contribution in [0.25, 0.3) is 0 Å². The molecule has 3 rings (SSSR count). The summed E-state index contributed by atoms with van der Waals surface area (Å²) < 4.78 is 1.91. The van der Waals surface area contributed by atoms with Crippen LogP contribution < -0.4 is 0 Å². The van der Waals surface area contributed by atoms with Crippen molar-refractivity contribution < 1.29 is 4.79 Å². The van der Waals surface area contributed by atoms with E-state index >= 15 is 0 Å². The number of rotatable bonds is 3. The van der Waals surface area contributed by atoms with Crippen LogP contribution in [0.3, 0.4) is 0 Å². The van der Waals surface area contributed by atoms with Gasteiger partial charge in [-0.05, 0) is 37.5 Å². The number of carbonyl (C=O) groups is 1. The van der Waals surface area contributed by atoms with Crippen molar-refractivity contribution in [2.75, 3.05) is 6.54 Å². The maximum absolute atomic E-state index is 12.5. The van der Waals surface area contributed by atoms with Gasteiger partial charge in [-0.1, -0.05) is 0 Å². The number of piperidine rings is 1. The second kappa shape index (κ2) is 5.30. The van der Waals surface area contributed by atoms with Crippen molar-refractivity contribution in [2.24, 2.45) is 0 Å². The average Bonchev–Trinajstić information content (AvgIpc) is 3.11. The van der Waals surface area contributed by atoms with E-state index in [1.54, 1.807) is 12.4 Å². The molecule has 100 valence electrons. The first-order valence-electron chi connectivity index (χ1n) is 6.76. The first kappa shape index (κ1) is 12.0. The Morgan fingerprint density at radius 2 is 2.37 bits per heavy atom. The fourth-order valence-electron chi connectivity index (χ4n) is 2.70. The van der Waals surface area contributed by atoms with Crippen molar-refractivity contribution >= 4 is 5.91 Å². The Morgan fingerprint density at radius 1 is 1.42 bits per heavy atom. The average molecular weight is 258 g/mol. The number of hydrogen-bond acceptors (Lipinski definition) is 2. The Bertz CT molecular complexity index is 518. The lowest BCUT2D eigenvalue weighted by Crippen LogP contribution is -2.46. The largest absolute Gasteiger partial charge is 0.357 e. The molecule has 0 saturated carbocycles. The van der Waals surface area contributed by atoms with Gasteiger partial charge >= 0.3 is 0 Å². The molecule has 1 fully saturated rings. The Balaban J connectivity index is 1.75. The van der Waals surface area contributed by atoms with Gasteiger partial charge in [-0.15, -0.1) is 0 Å². The molecule has 0 unspecified atom stereocenters. The number of aromatic amines is 1. The lowest BCUT2D eigenvalue weighted by molar-refractivity contribution is 0.0578. The number of nitrogens with one attached hydrogen (secondary N) is 1. The molecule has 0 aliphatic carbocycles. The quantitative estimate of drug-likeness (QED) is 0.914. The number of aromatic nitrogens is 3. The lowest BCUT2D eigenvalue weighted by atomic mass is 10.0. The number of nitrogens with zero attached hydrogens (tertiary/aromatic N) is 3. The monoisotopic (exact) mass is 258 g/mol. The zero-order valence-electron chi connectivity index (χ0n) is 10.8. The van der Waals surface area contributed by atoms with Crippen molar-refractivity contribution in [2.45, 2.75) is 31.8 Å². The summed E-state index contributed by atoms with van der Waals surface area (Å²) in [6.45, 7) is 1.61. The predicted molar refractivity (Wildman–Crippen MR) is 71.7 cm³/mol. The van der Waals surface area contributed by atoms with Crippen molar-refractivity contribution in [3.05, 3.63) is 42.5 Å². The van der Waals surface area contributed by atoms with E-state index in [-0.39, 0.29) is 11.9 Å². The standard InChI is InChI=1S/C14H18N4O/c19-14(13-6-3-7-15-13)18-10-2-1-5-12(18)11-17-9-4-8-16-17/h3-4,6-9,12,15H,1-2,5,10-11H2/t12-/m1/s1. The van der Waals surface area contributed by atoms with E-state index < -0.39 is 0 Å². The van der Waals surface area contributed by atoms with Crippen LogP contribution in [-0.2, 0) is 6.54 Å². The van der Waals surface area contributed by atoms with Gasteiger partial charge in [-0.3, -0.25) is 9.48 Å². The smallest absolute Gasteiger partial charge is 0.270 e. The summed E-state index contributed by atoms with van der Waals surface area (Å²) in [5.41, 5.74) is 0.673. The molecular formula is C14H18N4O. The third-order valence-electron chi connectivity index (χ3n) is 3.67. The van der Waals surface area contributed by atoms with Crippen molar-refractivity contribution in [1.82, 2.24) is 19.7 Å². The first-order chi connectivity index (χ1) is 9.34. The lowest BCUT2D eigenvalue weighted by Gasteiger charge is -2.35. The highest BCUT2D eigenvalue weighted by atomic mass is 16.2. The van der Waals surface area contributed by atoms with E-state index in [2.05, 4.69) is 10.1 Å². The van der Waals surface area contributed by atoms with Gasteiger partial charge in [0.25, 0.3) is 5.91 Å². The summed E-state index contributed by atoms with van der Waals surface area (Å²) in [5.74, 6) is 0.0989. The number of likely N-dealkylation sites (tertiary alicyclic amines) is 1. The summed E-state index contributed by atoms with van der Waals surface area (Å²) in [6.07, 6.45) is 8.83. The maximum Gasteiger partial charge on any atom is 0.270 e. The summed E-state index contributed by atoms with van der Waals surface area (Å²) in [5, 5.41) is 4.24. The molecule has 1 N–H and O–H groups in total. The zero-order chi connectivity index (χ0) is 13.1. The molecule has 5 heteroatoms. The molecule has 0 bridgehead atoms. The van der Waals surface area contributed by atoms with Gasteiger partial charge in [0.05, 0.1) is 12.6 Å². The van der Waals surface area contributed by atoms with Crippen LogP contribution in [0.1, 0.15) is 29.8 Å². The van der Waals surface area contributed by atoms with Crippen LogP contribution in [0, 0.1) is 0 Å². The van der Waals surface area contributed by atoms with E-state index in [1.807, 2.05) is 34.0 Å². The van der Waals surface area contributed by atoms with Crippen LogP contribution in [0.5, 0.6) is 0 Å². The third-order valence-corrected chi connectivity index (χ3v) is 3.67. The van der Waals surface area contributed by atoms with Crippen molar-refractivity contribution in [3.63, 3.8) is 0 Å². The minimum atomic E-state index is 0.0989. The molecule has 3 heterocycles. The molecular weight excluding hydrogens is 240 g/mol. The van der Waals surface area contributed by atoms with Crippen molar-refractivity contribution in [3.8, 4) is 0 Å². The predicted octanol–water partition coefficient (Wildman–Crippen LogP) is 1.91. The molecule has 1 atom stereocenters. The topological polar surface area (TPSA) is 53.9 Å². The molecule has 1 amide bonds. The van der Waals surface area contributed by atoms with Gasteiger partial charge in [0.1, 0.15) is 5.69 Å². The minimum Gasteiger partial charge on any atom is -0.357 e. The van der Waals surface area contributed by atoms with Gasteiger partial charge in [0, 0.05) is 25.1 Å². The van der Waals surface area contributed by atoms with Gasteiger partial charge in [-0.2, -0.15) is 5.10 Å². The normalized spacial score (nSPS) is 19.6. The molecule has 2 aromatic rings. The van der Waals surface area contributed by atoms with Crippen LogP contribution >= 0.6 is 0 Å². The van der Waals surface area contributed by atoms with E-state index in [1.165, 1.54) is 6.42 Å². The summed E-state index contributed by atoms with van der Waals surface area (Å²) >= 11 is 0. The van der Waals surface area contributed by atoms with E-state index in [9.17, 15) is 4.79 Å². The Morgan fingerprint density at radius 3 is 3.11 bits per heavy atom. The first-order valence-corrected chi connectivity index (χ1v) is 6.76. The second-order valence-electron chi connectivity index (χ2n) is 4.96. The highest BCUT2D eigenvalue weighted by Gasteiger charge is 2.28. The molecule has 5 nitrogen and oxygen atoms in total. The fraction of sp³-hybridized carbons (Fsp3) is 0.429. The summed E-state index contributed by atoms with van der Waals surface area (Å²) in [7, 11) is 0. The molecule has 0 aromatic carbocycles. The van der Waals surface area contributed by atoms with Crippen LogP contribution in [0.2, 0.25) is 0 Å². The molecule has 19 heavy (non-hydrogen) atoms. The maximum atomic E-state index is 12.5. The van der Waals surface area contributed by atoms with Gasteiger partial charge in [-0.25, -0.2) is 0 Å². The molecule has 0 spiro atoms. The van der Waals surface area contributed by atoms with Gasteiger partial charge in [0.2, 0.25) is 0 Å². The fourth-order valence-corrected chi connectivity index (χ4v) is 2.70. The number of carbonyl (C=O) groups excluding carboxylic acids is 1. The van der Waals surface area contributed by atoms with Crippen LogP contribution in [0.4, 0.5) is 0 Å². The van der Waals surface area contributed by atoms with E-state index in [0.29, 0.717) is 5.69 Å². The van der Waals surface area contributed by atoms with Crippen molar-refractivity contribution in [1.29, 1.82) is 0 Å². The second-order valence-corrected chi connectivity index (χ2v) is 4.96. The highest BCUT2D eigenvalue weighted by molar-refractivity contribution is 5.92. The molecule has 1 aliphatic rings. The third kappa shape index (κ3) is 2.54. The number of amides is 1. The van der Waals surface area contributed by atoms with Gasteiger partial charge in [0.15, 0.2) is 0 Å². The van der Waals surface area contributed by atoms with Crippen LogP contribution in [-0.4, -0.2) is 38.2 Å². The molecule has 1 saturated heterocycles. The summed E-state index contributed by atoms with van der Waals surface area (Å²) in [6, 6.07) is 5.85. The summed E-state index contributed by atoms with van der Waals surface area (Å²) in [4.78, 5) is 17.4. The Kier molecular flexibility index (Phi) is 3.35. The Labute approximate surface area is 112 Å². The zero-order valence-corrected chi connectivity index (χ0v) is 10.8. The van der Waals surface area contributed by atoms with E-state index in [0.717, 1.165) is 25.9 Å². The molecule has 1 aliphatic heterocycles. The number of hydrogen-bond donors (Lipinski definition) is 1. The van der Waals surface area contributed by atoms with Gasteiger partial charge < -0.3 is 9.88 Å². The molecule has 0 radical (unpaired) electrons. The number of H-pyrrole nitrogens is 1. The minimum absolute atomic E-state index is 0.0989. The molecule has 2 aromatic heterocycles. The van der Waals surface area contributed by atoms with Crippen LogP contribution in [0.15, 0.2) is 36.8 Å².